The molecule has 5 heavy (non-hydrogen) atoms. The number of hydrogen-bond donors (Lipinski definition) is 0. The number of halogens is 4. The van der Waals surface area contributed by atoms with Crippen LogP contribution in [0.5, 0.6) is 0 Å². The van der Waals surface area contributed by atoms with Crippen LogP contribution in [0.4, 0.5) is 0 Å². The first-order chi connectivity index (χ1) is 1.73. The fraction of sp³-hybridized carbons (Fsp3) is 0. The number of hydrogen-bond acceptors (Lipinski definition) is 0. The second-order valence-corrected chi connectivity index (χ2v) is 8.96. The molecule has 0 aliphatic carbocycles. The van der Waals surface area contributed by atoms with Gasteiger partial charge in [-0.2, -0.15) is 0 Å². The summed E-state index contributed by atoms with van der Waals surface area (Å²) in [5.41, 5.74) is 0. The van der Waals surface area contributed by atoms with Crippen molar-refractivity contribution in [1.82, 2.24) is 0 Å². The summed E-state index contributed by atoms with van der Waals surface area (Å²) >= 11 is -1.77. The first-order valence-electron chi connectivity index (χ1n) is 0.507. The molecule has 0 spiro atoms. The maximum atomic E-state index is 4.95. The Morgan fingerprint density at radius 3 is 1.00 bits per heavy atom. The van der Waals surface area contributed by atoms with Gasteiger partial charge in [0.2, 0.25) is 0 Å². The molecule has 0 rings (SSSR count). The van der Waals surface area contributed by atoms with Crippen molar-refractivity contribution in [2.75, 3.05) is 0 Å². The van der Waals surface area contributed by atoms with Crippen LogP contribution in [0, 0.1) is 0 Å². The molecule has 5 heteroatoms. The van der Waals surface area contributed by atoms with E-state index >= 15 is 0 Å². The van der Waals surface area contributed by atoms with Crippen LogP contribution in [0.25, 0.3) is 0 Å². The molecule has 0 fully saturated rings. The zero-order valence-corrected chi connectivity index (χ0v) is 6.86. The minimum absolute atomic E-state index is 0. The van der Waals surface area contributed by atoms with E-state index in [1.807, 2.05) is 0 Å². The molecule has 0 amide bonds. The summed E-state index contributed by atoms with van der Waals surface area (Å²) < 4.78 is 0. The van der Waals surface area contributed by atoms with Crippen LogP contribution < -0.4 is 12.4 Å². The third-order valence-corrected chi connectivity index (χ3v) is 0. The Labute approximate surface area is 53.9 Å². The predicted octanol–water partition coefficient (Wildman–Crippen LogP) is -1.31. The molecule has 0 bridgehead atoms. The molecule has 0 saturated carbocycles. The van der Waals surface area contributed by atoms with Gasteiger partial charge in [-0.05, 0) is 0 Å². The first kappa shape index (κ1) is 9.87. The molecule has 0 aromatic rings. The van der Waals surface area contributed by atoms with Crippen LogP contribution in [-0.2, 0) is 0 Å². The van der Waals surface area contributed by atoms with Gasteiger partial charge in [0.05, 0.1) is 0 Å². The Morgan fingerprint density at radius 1 is 1.00 bits per heavy atom. The van der Waals surface area contributed by atoms with Gasteiger partial charge in [-0.3, -0.25) is 0 Å². The van der Waals surface area contributed by atoms with E-state index in [0.29, 0.717) is 0 Å². The van der Waals surface area contributed by atoms with Gasteiger partial charge in [0.15, 0.2) is 0 Å². The van der Waals surface area contributed by atoms with E-state index < -0.39 is 11.8 Å². The quantitative estimate of drug-likeness (QED) is 0.442. The van der Waals surface area contributed by atoms with Crippen LogP contribution in [0.2, 0.25) is 0 Å². The van der Waals surface area contributed by atoms with Crippen LogP contribution in [0.1, 0.15) is 0 Å². The topological polar surface area (TPSA) is 0 Å². The van der Waals surface area contributed by atoms with Crippen molar-refractivity contribution < 1.29 is 12.4 Å². The second kappa shape index (κ2) is 5.72. The van der Waals surface area contributed by atoms with Crippen molar-refractivity contribution in [1.29, 1.82) is 0 Å². The SMILES string of the molecule is Cl[As+](Cl)Cl.[Cl-]. The second-order valence-electron chi connectivity index (χ2n) is 0.192. The van der Waals surface area contributed by atoms with Gasteiger partial charge in [-0.25, -0.2) is 0 Å². The zero-order valence-electron chi connectivity index (χ0n) is 1.96. The fourth-order valence-corrected chi connectivity index (χ4v) is 0. The summed E-state index contributed by atoms with van der Waals surface area (Å²) in [6.45, 7) is 0. The van der Waals surface area contributed by atoms with E-state index in [1.165, 1.54) is 0 Å². The van der Waals surface area contributed by atoms with Gasteiger partial charge in [0.25, 0.3) is 0 Å². The summed E-state index contributed by atoms with van der Waals surface area (Å²) in [7, 11) is 14.9. The van der Waals surface area contributed by atoms with Gasteiger partial charge < -0.3 is 12.4 Å². The maximum absolute atomic E-state index is 4.95. The van der Waals surface area contributed by atoms with E-state index in [-0.39, 0.29) is 12.4 Å². The first-order valence-corrected chi connectivity index (χ1v) is 7.90. The van der Waals surface area contributed by atoms with Gasteiger partial charge >= 0.3 is 41.7 Å². The van der Waals surface area contributed by atoms with E-state index in [1.54, 1.807) is 0 Å². The molecule has 33 valence electrons. The summed E-state index contributed by atoms with van der Waals surface area (Å²) in [4.78, 5) is 0. The smallest absolute Gasteiger partial charge is 1.00 e. The third kappa shape index (κ3) is 26.8. The Bertz CT molecular complexity index is 8.36. The fourth-order valence-electron chi connectivity index (χ4n) is 0. The molecule has 0 N–H and O–H groups in total. The van der Waals surface area contributed by atoms with Crippen LogP contribution in [-0.4, -0.2) is 11.8 Å². The van der Waals surface area contributed by atoms with E-state index in [4.69, 9.17) is 29.8 Å². The van der Waals surface area contributed by atoms with Crippen molar-refractivity contribution >= 4 is 41.7 Å². The third-order valence-electron chi connectivity index (χ3n) is 0. The summed E-state index contributed by atoms with van der Waals surface area (Å²) in [5, 5.41) is 0. The Morgan fingerprint density at radius 2 is 1.00 bits per heavy atom. The Hall–Kier alpha value is 1.72. The van der Waals surface area contributed by atoms with Crippen LogP contribution >= 0.6 is 29.8 Å². The molecule has 0 unspecified atom stereocenters. The maximum Gasteiger partial charge on any atom is -1.00 e. The van der Waals surface area contributed by atoms with Gasteiger partial charge in [0.1, 0.15) is 0 Å². The van der Waals surface area contributed by atoms with Crippen LogP contribution in [0.15, 0.2) is 0 Å². The van der Waals surface area contributed by atoms with Crippen molar-refractivity contribution in [3.05, 3.63) is 0 Å². The molecule has 0 saturated heterocycles. The molecule has 1 radical (unpaired) electrons. The van der Waals surface area contributed by atoms with Crippen molar-refractivity contribution in [3.8, 4) is 0 Å². The number of rotatable bonds is 0. The molecule has 0 aliphatic heterocycles. The zero-order chi connectivity index (χ0) is 3.58. The van der Waals surface area contributed by atoms with Crippen molar-refractivity contribution in [2.24, 2.45) is 0 Å². The molecule has 0 nitrogen and oxygen atoms in total. The normalized spacial score (nSPS) is 7.20. The molecule has 0 aromatic carbocycles. The van der Waals surface area contributed by atoms with E-state index in [9.17, 15) is 0 Å². The summed E-state index contributed by atoms with van der Waals surface area (Å²) in [5.74, 6) is 0. The minimum atomic E-state index is -1.77. The summed E-state index contributed by atoms with van der Waals surface area (Å²) in [6.07, 6.45) is 0. The summed E-state index contributed by atoms with van der Waals surface area (Å²) in [6, 6.07) is 0. The van der Waals surface area contributed by atoms with Crippen molar-refractivity contribution in [3.63, 3.8) is 0 Å². The molecular formula is AsCl4. The molecular weight excluding hydrogens is 217 g/mol. The molecule has 0 aliphatic rings. The monoisotopic (exact) mass is 215 g/mol. The Balaban J connectivity index is 0. The Kier molecular flexibility index (Phi) is 11.3. The minimum Gasteiger partial charge on any atom is -1.00 e. The largest absolute Gasteiger partial charge is 1.00 e. The van der Waals surface area contributed by atoms with E-state index in [2.05, 4.69) is 0 Å². The predicted molar refractivity (Wildman–Crippen MR) is 23.3 cm³/mol. The molecule has 0 heterocycles. The van der Waals surface area contributed by atoms with Gasteiger partial charge in [0, 0.05) is 0 Å². The molecule has 0 atom stereocenters. The van der Waals surface area contributed by atoms with Crippen LogP contribution in [0.3, 0.4) is 0 Å². The van der Waals surface area contributed by atoms with Crippen molar-refractivity contribution in [2.45, 2.75) is 0 Å². The average molecular weight is 217 g/mol. The standard InChI is InChI=1S/AsCl3.ClH/c2-1(3)4;/h;1H/q+1;/p-1. The molecule has 0 aromatic heterocycles. The van der Waals surface area contributed by atoms with Gasteiger partial charge in [-0.1, -0.05) is 0 Å². The van der Waals surface area contributed by atoms with Gasteiger partial charge in [-0.15, -0.1) is 0 Å². The van der Waals surface area contributed by atoms with E-state index in [0.717, 1.165) is 0 Å². The average Bonchev–Trinajstić information content (AvgIpc) is 0.811.